The third-order valence-electron chi connectivity index (χ3n) is 3.48. The number of benzene rings is 2. The van der Waals surface area contributed by atoms with Gasteiger partial charge in [-0.2, -0.15) is 0 Å². The summed E-state index contributed by atoms with van der Waals surface area (Å²) in [5.41, 5.74) is 3.56. The lowest BCUT2D eigenvalue weighted by Crippen LogP contribution is -2.36. The summed E-state index contributed by atoms with van der Waals surface area (Å²) in [6.07, 6.45) is 0. The molecule has 0 spiro atoms. The van der Waals surface area contributed by atoms with Crippen molar-refractivity contribution in [3.05, 3.63) is 64.7 Å². The molecular formula is C18H24ClIN4. The Balaban J connectivity index is 0.00000288. The number of hydrogen-bond donors (Lipinski definition) is 2. The lowest BCUT2D eigenvalue weighted by molar-refractivity contribution is 0.809. The van der Waals surface area contributed by atoms with Crippen molar-refractivity contribution in [1.82, 2.24) is 10.6 Å². The van der Waals surface area contributed by atoms with Gasteiger partial charge in [0.1, 0.15) is 0 Å². The van der Waals surface area contributed by atoms with Crippen molar-refractivity contribution in [2.45, 2.75) is 13.1 Å². The fraction of sp³-hybridized carbons (Fsp3) is 0.278. The molecule has 4 nitrogen and oxygen atoms in total. The summed E-state index contributed by atoms with van der Waals surface area (Å²) >= 11 is 5.89. The van der Waals surface area contributed by atoms with Gasteiger partial charge in [0.15, 0.2) is 5.96 Å². The topological polar surface area (TPSA) is 39.7 Å². The predicted molar refractivity (Wildman–Crippen MR) is 115 cm³/mol. The van der Waals surface area contributed by atoms with Crippen molar-refractivity contribution < 1.29 is 0 Å². The minimum absolute atomic E-state index is 0. The maximum absolute atomic E-state index is 5.89. The van der Waals surface area contributed by atoms with Crippen molar-refractivity contribution in [3.63, 3.8) is 0 Å². The molecule has 0 radical (unpaired) electrons. The second-order valence-electron chi connectivity index (χ2n) is 5.47. The Bertz CT molecular complexity index is 656. The van der Waals surface area contributed by atoms with E-state index in [1.165, 1.54) is 11.3 Å². The average Bonchev–Trinajstić information content (AvgIpc) is 2.57. The largest absolute Gasteiger partial charge is 0.378 e. The number of hydrogen-bond acceptors (Lipinski definition) is 2. The molecule has 2 aromatic rings. The van der Waals surface area contributed by atoms with Gasteiger partial charge >= 0.3 is 0 Å². The van der Waals surface area contributed by atoms with Gasteiger partial charge in [-0.25, -0.2) is 0 Å². The standard InChI is InChI=1S/C18H23ClN4.HI/c1-20-18(21-12-14-7-9-16(19)10-8-14)22-13-15-5-4-6-17(11-15)23(2)3;/h4-11H,12-13H2,1-3H3,(H2,20,21,22);1H. The molecule has 0 atom stereocenters. The van der Waals surface area contributed by atoms with Crippen molar-refractivity contribution in [2.75, 3.05) is 26.0 Å². The first-order valence-electron chi connectivity index (χ1n) is 7.53. The summed E-state index contributed by atoms with van der Waals surface area (Å²) in [4.78, 5) is 6.35. The molecule has 2 N–H and O–H groups in total. The van der Waals surface area contributed by atoms with E-state index in [9.17, 15) is 0 Å². The highest BCUT2D eigenvalue weighted by atomic mass is 127. The third-order valence-corrected chi connectivity index (χ3v) is 3.74. The van der Waals surface area contributed by atoms with Crippen LogP contribution in [0, 0.1) is 0 Å². The molecule has 130 valence electrons. The van der Waals surface area contributed by atoms with Crippen molar-refractivity contribution in [1.29, 1.82) is 0 Å². The number of guanidine groups is 1. The summed E-state index contributed by atoms with van der Waals surface area (Å²) in [6.45, 7) is 1.43. The Morgan fingerprint density at radius 3 is 2.21 bits per heavy atom. The van der Waals surface area contributed by atoms with Gasteiger partial charge in [0, 0.05) is 44.9 Å². The third kappa shape index (κ3) is 6.57. The first-order chi connectivity index (χ1) is 11.1. The van der Waals surface area contributed by atoms with Crippen LogP contribution in [0.2, 0.25) is 5.02 Å². The first kappa shape index (κ1) is 20.6. The molecule has 2 aromatic carbocycles. The molecule has 0 fully saturated rings. The van der Waals surface area contributed by atoms with Crippen LogP contribution in [-0.4, -0.2) is 27.1 Å². The lowest BCUT2D eigenvalue weighted by Gasteiger charge is -2.15. The van der Waals surface area contributed by atoms with E-state index in [1.54, 1.807) is 7.05 Å². The Hall–Kier alpha value is -1.47. The van der Waals surface area contributed by atoms with Gasteiger partial charge in [-0.15, -0.1) is 24.0 Å². The fourth-order valence-electron chi connectivity index (χ4n) is 2.14. The second-order valence-corrected chi connectivity index (χ2v) is 5.91. The molecule has 0 aliphatic carbocycles. The Morgan fingerprint density at radius 2 is 1.62 bits per heavy atom. The molecule has 0 saturated heterocycles. The van der Waals surface area contributed by atoms with E-state index >= 15 is 0 Å². The molecule has 0 aliphatic heterocycles. The average molecular weight is 459 g/mol. The summed E-state index contributed by atoms with van der Waals surface area (Å²) in [7, 11) is 5.85. The van der Waals surface area contributed by atoms with Gasteiger partial charge in [0.05, 0.1) is 0 Å². The van der Waals surface area contributed by atoms with Crippen LogP contribution in [0.3, 0.4) is 0 Å². The van der Waals surface area contributed by atoms with Crippen LogP contribution >= 0.6 is 35.6 Å². The number of nitrogens with zero attached hydrogens (tertiary/aromatic N) is 2. The van der Waals surface area contributed by atoms with Crippen LogP contribution < -0.4 is 15.5 Å². The van der Waals surface area contributed by atoms with Gasteiger partial charge in [0.2, 0.25) is 0 Å². The molecule has 0 aliphatic rings. The monoisotopic (exact) mass is 458 g/mol. The highest BCUT2D eigenvalue weighted by Crippen LogP contribution is 2.13. The van der Waals surface area contributed by atoms with E-state index in [-0.39, 0.29) is 24.0 Å². The summed E-state index contributed by atoms with van der Waals surface area (Å²) in [6, 6.07) is 16.2. The Kier molecular flexibility index (Phi) is 8.92. The number of halogens is 2. The molecule has 24 heavy (non-hydrogen) atoms. The maximum Gasteiger partial charge on any atom is 0.191 e. The van der Waals surface area contributed by atoms with Crippen molar-refractivity contribution in [3.8, 4) is 0 Å². The lowest BCUT2D eigenvalue weighted by atomic mass is 10.2. The smallest absolute Gasteiger partial charge is 0.191 e. The van der Waals surface area contributed by atoms with E-state index in [1.807, 2.05) is 38.4 Å². The Morgan fingerprint density at radius 1 is 1.00 bits per heavy atom. The molecule has 0 heterocycles. The molecule has 6 heteroatoms. The molecule has 0 bridgehead atoms. The minimum atomic E-state index is 0. The summed E-state index contributed by atoms with van der Waals surface area (Å²) < 4.78 is 0. The number of rotatable bonds is 5. The van der Waals surface area contributed by atoms with E-state index in [0.29, 0.717) is 6.54 Å². The van der Waals surface area contributed by atoms with Gasteiger partial charge in [0.25, 0.3) is 0 Å². The van der Waals surface area contributed by atoms with E-state index in [4.69, 9.17) is 11.6 Å². The number of aliphatic imine (C=N–C) groups is 1. The SMILES string of the molecule is CN=C(NCc1ccc(Cl)cc1)NCc1cccc(N(C)C)c1.I. The van der Waals surface area contributed by atoms with E-state index in [2.05, 4.69) is 44.8 Å². The first-order valence-corrected chi connectivity index (χ1v) is 7.91. The van der Waals surface area contributed by atoms with Crippen LogP contribution in [-0.2, 0) is 13.1 Å². The summed E-state index contributed by atoms with van der Waals surface area (Å²) in [5, 5.41) is 7.37. The minimum Gasteiger partial charge on any atom is -0.378 e. The normalized spacial score (nSPS) is 10.8. The molecule has 0 amide bonds. The molecule has 0 saturated carbocycles. The van der Waals surface area contributed by atoms with Gasteiger partial charge in [-0.3, -0.25) is 4.99 Å². The van der Waals surface area contributed by atoms with E-state index < -0.39 is 0 Å². The van der Waals surface area contributed by atoms with Crippen LogP contribution in [0.25, 0.3) is 0 Å². The van der Waals surface area contributed by atoms with Gasteiger partial charge < -0.3 is 15.5 Å². The zero-order chi connectivity index (χ0) is 16.7. The zero-order valence-corrected chi connectivity index (χ0v) is 17.3. The number of nitrogens with one attached hydrogen (secondary N) is 2. The highest BCUT2D eigenvalue weighted by molar-refractivity contribution is 14.0. The van der Waals surface area contributed by atoms with Crippen LogP contribution in [0.15, 0.2) is 53.5 Å². The molecular weight excluding hydrogens is 435 g/mol. The fourth-order valence-corrected chi connectivity index (χ4v) is 2.27. The van der Waals surface area contributed by atoms with Crippen molar-refractivity contribution in [2.24, 2.45) is 4.99 Å². The zero-order valence-electron chi connectivity index (χ0n) is 14.2. The maximum atomic E-state index is 5.89. The van der Waals surface area contributed by atoms with Crippen molar-refractivity contribution >= 4 is 47.2 Å². The predicted octanol–water partition coefficient (Wildman–Crippen LogP) is 3.89. The second kappa shape index (κ2) is 10.4. The quantitative estimate of drug-likeness (QED) is 0.406. The van der Waals surface area contributed by atoms with Crippen LogP contribution in [0.5, 0.6) is 0 Å². The Labute approximate surface area is 166 Å². The van der Waals surface area contributed by atoms with Crippen LogP contribution in [0.1, 0.15) is 11.1 Å². The van der Waals surface area contributed by atoms with Gasteiger partial charge in [-0.05, 0) is 35.4 Å². The molecule has 2 rings (SSSR count). The highest BCUT2D eigenvalue weighted by Gasteiger charge is 2.01. The molecule has 0 aromatic heterocycles. The van der Waals surface area contributed by atoms with Gasteiger partial charge in [-0.1, -0.05) is 35.9 Å². The van der Waals surface area contributed by atoms with Crippen LogP contribution in [0.4, 0.5) is 5.69 Å². The summed E-state index contributed by atoms with van der Waals surface area (Å²) in [5.74, 6) is 0.773. The number of anilines is 1. The molecule has 0 unspecified atom stereocenters. The van der Waals surface area contributed by atoms with E-state index in [0.717, 1.165) is 23.1 Å².